The Balaban J connectivity index is 1.41. The van der Waals surface area contributed by atoms with Crippen molar-refractivity contribution in [3.05, 3.63) is 35.8 Å². The van der Waals surface area contributed by atoms with E-state index in [1.54, 1.807) is 0 Å². The Kier molecular flexibility index (Phi) is 6.09. The number of aromatic nitrogens is 3. The Hall–Kier alpha value is -2.54. The predicted octanol–water partition coefficient (Wildman–Crippen LogP) is 2.13. The van der Waals surface area contributed by atoms with Crippen molar-refractivity contribution in [2.24, 2.45) is 5.16 Å². The van der Waals surface area contributed by atoms with Gasteiger partial charge in [0.15, 0.2) is 17.5 Å². The van der Waals surface area contributed by atoms with Crippen molar-refractivity contribution in [3.8, 4) is 11.3 Å². The van der Waals surface area contributed by atoms with E-state index >= 15 is 0 Å². The summed E-state index contributed by atoms with van der Waals surface area (Å²) in [6, 6.07) is 0.793. The van der Waals surface area contributed by atoms with Crippen LogP contribution in [0.1, 0.15) is 38.1 Å². The summed E-state index contributed by atoms with van der Waals surface area (Å²) in [6.45, 7) is -0.451. The maximum Gasteiger partial charge on any atom is 0.194 e. The van der Waals surface area contributed by atoms with Crippen molar-refractivity contribution in [1.29, 1.82) is 0 Å². The minimum absolute atomic E-state index is 0.0170. The van der Waals surface area contributed by atoms with Crippen molar-refractivity contribution in [2.75, 3.05) is 13.7 Å². The Labute approximate surface area is 193 Å². The molecule has 1 aliphatic carbocycles. The monoisotopic (exact) mass is 482 g/mol. The maximum absolute atomic E-state index is 13.7. The number of benzene rings is 1. The first-order valence-corrected chi connectivity index (χ1v) is 11.1. The second kappa shape index (κ2) is 8.91. The molecule has 184 valence electrons. The molecule has 12 heteroatoms. The summed E-state index contributed by atoms with van der Waals surface area (Å²) in [6.07, 6.45) is 1.99. The van der Waals surface area contributed by atoms with Gasteiger partial charge in [0.1, 0.15) is 35.6 Å². The summed E-state index contributed by atoms with van der Waals surface area (Å²) in [5.41, 5.74) is 0.651. The van der Waals surface area contributed by atoms with Crippen molar-refractivity contribution in [3.63, 3.8) is 0 Å². The molecule has 0 amide bonds. The SMILES string of the molecule is CO[C@@H]1[C@@H](n2cc(-c3cc(F)c(F)c(F)c3)nn2)[C@@H](O)[C@@H](CO)O[C@@H]1CC1=NOC2(CCC2)C1. The normalized spacial score (nSPS) is 30.2. The molecule has 1 aromatic heterocycles. The first-order valence-electron chi connectivity index (χ1n) is 11.1. The zero-order chi connectivity index (χ0) is 24.0. The van der Waals surface area contributed by atoms with Gasteiger partial charge < -0.3 is 24.5 Å². The van der Waals surface area contributed by atoms with E-state index in [1.165, 1.54) is 18.0 Å². The fourth-order valence-electron chi connectivity index (χ4n) is 4.97. The summed E-state index contributed by atoms with van der Waals surface area (Å²) in [4.78, 5) is 5.64. The molecule has 34 heavy (non-hydrogen) atoms. The highest BCUT2D eigenvalue weighted by molar-refractivity contribution is 5.86. The van der Waals surface area contributed by atoms with Crippen molar-refractivity contribution in [1.82, 2.24) is 15.0 Å². The Morgan fingerprint density at radius 3 is 2.53 bits per heavy atom. The molecule has 3 heterocycles. The third-order valence-corrected chi connectivity index (χ3v) is 6.93. The molecular weight excluding hydrogens is 457 g/mol. The summed E-state index contributed by atoms with van der Waals surface area (Å²) in [7, 11) is 1.46. The molecule has 2 aliphatic heterocycles. The minimum atomic E-state index is -1.58. The molecule has 0 bridgehead atoms. The lowest BCUT2D eigenvalue weighted by Crippen LogP contribution is -2.57. The van der Waals surface area contributed by atoms with Crippen molar-refractivity contribution < 1.29 is 37.7 Å². The summed E-state index contributed by atoms with van der Waals surface area (Å²) >= 11 is 0. The number of methoxy groups -OCH3 is 1. The van der Waals surface area contributed by atoms with Gasteiger partial charge in [-0.25, -0.2) is 17.9 Å². The van der Waals surface area contributed by atoms with Crippen LogP contribution in [0, 0.1) is 17.5 Å². The van der Waals surface area contributed by atoms with Crippen LogP contribution in [0.25, 0.3) is 11.3 Å². The van der Waals surface area contributed by atoms with Gasteiger partial charge in [0.05, 0.1) is 24.6 Å². The van der Waals surface area contributed by atoms with Crippen LogP contribution in [0.5, 0.6) is 0 Å². The number of halogens is 3. The van der Waals surface area contributed by atoms with E-state index in [0.29, 0.717) is 12.8 Å². The van der Waals surface area contributed by atoms with E-state index in [0.717, 1.165) is 37.1 Å². The highest BCUT2D eigenvalue weighted by Crippen LogP contribution is 2.43. The zero-order valence-corrected chi connectivity index (χ0v) is 18.4. The minimum Gasteiger partial charge on any atom is -0.394 e. The molecule has 1 saturated heterocycles. The van der Waals surface area contributed by atoms with Gasteiger partial charge in [-0.3, -0.25) is 0 Å². The fraction of sp³-hybridized carbons (Fsp3) is 0.591. The van der Waals surface area contributed by atoms with E-state index in [1.807, 2.05) is 0 Å². The first-order chi connectivity index (χ1) is 16.3. The van der Waals surface area contributed by atoms with Crippen LogP contribution < -0.4 is 0 Å². The van der Waals surface area contributed by atoms with Crippen molar-refractivity contribution in [2.45, 2.75) is 68.2 Å². The van der Waals surface area contributed by atoms with Crippen LogP contribution in [0.15, 0.2) is 23.5 Å². The number of nitrogens with zero attached hydrogens (tertiary/aromatic N) is 4. The van der Waals surface area contributed by atoms with Gasteiger partial charge in [-0.05, 0) is 31.4 Å². The van der Waals surface area contributed by atoms with Gasteiger partial charge in [-0.1, -0.05) is 10.4 Å². The largest absolute Gasteiger partial charge is 0.394 e. The van der Waals surface area contributed by atoms with E-state index in [2.05, 4.69) is 15.5 Å². The molecule has 2 aromatic rings. The highest BCUT2D eigenvalue weighted by Gasteiger charge is 2.50. The summed E-state index contributed by atoms with van der Waals surface area (Å²) in [5, 5.41) is 32.9. The van der Waals surface area contributed by atoms with Crippen LogP contribution in [-0.4, -0.2) is 74.7 Å². The molecule has 3 aliphatic rings. The second-order valence-corrected chi connectivity index (χ2v) is 9.08. The molecule has 0 unspecified atom stereocenters. The summed E-state index contributed by atoms with van der Waals surface area (Å²) < 4.78 is 53.7. The molecule has 2 N–H and O–H groups in total. The lowest BCUT2D eigenvalue weighted by molar-refractivity contribution is -0.210. The lowest BCUT2D eigenvalue weighted by Gasteiger charge is -2.43. The Morgan fingerprint density at radius 1 is 1.21 bits per heavy atom. The van der Waals surface area contributed by atoms with Gasteiger partial charge in [-0.15, -0.1) is 5.10 Å². The molecule has 5 atom stereocenters. The number of oxime groups is 1. The predicted molar refractivity (Wildman–Crippen MR) is 111 cm³/mol. The number of hydrogen-bond acceptors (Lipinski definition) is 8. The van der Waals surface area contributed by atoms with E-state index in [4.69, 9.17) is 14.3 Å². The molecular formula is C22H25F3N4O5. The van der Waals surface area contributed by atoms with Gasteiger partial charge in [-0.2, -0.15) is 0 Å². The third-order valence-electron chi connectivity index (χ3n) is 6.93. The van der Waals surface area contributed by atoms with Crippen molar-refractivity contribution >= 4 is 5.71 Å². The van der Waals surface area contributed by atoms with Crippen LogP contribution in [0.3, 0.4) is 0 Å². The molecule has 9 nitrogen and oxygen atoms in total. The molecule has 2 fully saturated rings. The molecule has 0 radical (unpaired) electrons. The van der Waals surface area contributed by atoms with Crippen LogP contribution in [-0.2, 0) is 14.3 Å². The topological polar surface area (TPSA) is 111 Å². The number of rotatable bonds is 6. The Bertz CT molecular complexity index is 1070. The van der Waals surface area contributed by atoms with Crippen LogP contribution >= 0.6 is 0 Å². The zero-order valence-electron chi connectivity index (χ0n) is 18.4. The molecule has 1 aromatic carbocycles. The van der Waals surface area contributed by atoms with Gasteiger partial charge in [0, 0.05) is 25.5 Å². The quantitative estimate of drug-likeness (QED) is 0.607. The van der Waals surface area contributed by atoms with Crippen LogP contribution in [0.2, 0.25) is 0 Å². The molecule has 1 saturated carbocycles. The maximum atomic E-state index is 13.7. The van der Waals surface area contributed by atoms with Gasteiger partial charge >= 0.3 is 0 Å². The standard InChI is InChI=1S/C22H25F3N4O5/c1-32-21-16(7-12-8-22(34-27-12)3-2-4-22)33-17(10-30)20(31)19(21)29-9-15(26-28-29)11-5-13(23)18(25)14(24)6-11/h5-6,9,16-17,19-21,30-31H,2-4,7-8,10H2,1H3/t16-,17-,19+,20+,21+/m1/s1. The van der Waals surface area contributed by atoms with Gasteiger partial charge in [0.2, 0.25) is 0 Å². The number of ether oxygens (including phenoxy) is 2. The van der Waals surface area contributed by atoms with E-state index < -0.39 is 54.5 Å². The highest BCUT2D eigenvalue weighted by atomic mass is 19.2. The van der Waals surface area contributed by atoms with E-state index in [9.17, 15) is 23.4 Å². The van der Waals surface area contributed by atoms with Crippen LogP contribution in [0.4, 0.5) is 13.2 Å². The smallest absolute Gasteiger partial charge is 0.194 e. The fourth-order valence-corrected chi connectivity index (χ4v) is 4.97. The van der Waals surface area contributed by atoms with E-state index in [-0.39, 0.29) is 16.9 Å². The summed E-state index contributed by atoms with van der Waals surface area (Å²) in [5.74, 6) is -4.28. The molecule has 5 rings (SSSR count). The third kappa shape index (κ3) is 3.98. The first kappa shape index (κ1) is 23.2. The number of hydrogen-bond donors (Lipinski definition) is 2. The average molecular weight is 482 g/mol. The number of aliphatic hydroxyl groups is 2. The molecule has 1 spiro atoms. The van der Waals surface area contributed by atoms with Gasteiger partial charge in [0.25, 0.3) is 0 Å². The second-order valence-electron chi connectivity index (χ2n) is 9.08. The lowest BCUT2D eigenvalue weighted by atomic mass is 9.76. The average Bonchev–Trinajstić information content (AvgIpc) is 3.45. The Morgan fingerprint density at radius 2 is 1.94 bits per heavy atom. The number of aliphatic hydroxyl groups excluding tert-OH is 2.